The first kappa shape index (κ1) is 13.8. The minimum atomic E-state index is -3.90. The molecule has 1 aliphatic heterocycles. The lowest BCUT2D eigenvalue weighted by molar-refractivity contribution is -0.122. The van der Waals surface area contributed by atoms with E-state index >= 15 is 0 Å². The third kappa shape index (κ3) is 2.54. The Labute approximate surface area is 110 Å². The molecule has 0 radical (unpaired) electrons. The van der Waals surface area contributed by atoms with Crippen molar-refractivity contribution in [3.05, 3.63) is 23.5 Å². The van der Waals surface area contributed by atoms with Crippen molar-refractivity contribution in [2.24, 2.45) is 0 Å². The summed E-state index contributed by atoms with van der Waals surface area (Å²) in [6.07, 6.45) is 0. The number of anilines is 1. The van der Waals surface area contributed by atoms with Crippen molar-refractivity contribution in [2.75, 3.05) is 25.4 Å². The lowest BCUT2D eigenvalue weighted by Crippen LogP contribution is -2.49. The molecule has 0 spiro atoms. The van der Waals surface area contributed by atoms with Gasteiger partial charge >= 0.3 is 0 Å². The number of nitrogens with zero attached hydrogens (tertiary/aromatic N) is 1. The highest BCUT2D eigenvalue weighted by Gasteiger charge is 2.30. The fourth-order valence-corrected chi connectivity index (χ4v) is 3.24. The van der Waals surface area contributed by atoms with Crippen LogP contribution in [-0.2, 0) is 14.8 Å². The maximum Gasteiger partial charge on any atom is 0.243 e. The molecule has 1 saturated heterocycles. The van der Waals surface area contributed by atoms with Crippen LogP contribution in [-0.4, -0.2) is 38.3 Å². The third-order valence-corrected chi connectivity index (χ3v) is 4.82. The van der Waals surface area contributed by atoms with Crippen LogP contribution in [0.5, 0.6) is 0 Å². The molecule has 1 aromatic carbocycles. The number of halogens is 1. The van der Waals surface area contributed by atoms with Crippen molar-refractivity contribution in [3.63, 3.8) is 0 Å². The summed E-state index contributed by atoms with van der Waals surface area (Å²) in [5, 5.41) is 2.52. The van der Waals surface area contributed by atoms with Crippen molar-refractivity contribution >= 4 is 21.6 Å². The average molecular weight is 287 g/mol. The molecule has 6 nitrogen and oxygen atoms in total. The molecule has 0 bridgehead atoms. The van der Waals surface area contributed by atoms with Crippen LogP contribution in [0.3, 0.4) is 0 Å². The molecule has 1 amide bonds. The summed E-state index contributed by atoms with van der Waals surface area (Å²) in [5.41, 5.74) is 5.85. The van der Waals surface area contributed by atoms with Crippen molar-refractivity contribution in [2.45, 2.75) is 11.8 Å². The van der Waals surface area contributed by atoms with E-state index < -0.39 is 15.8 Å². The summed E-state index contributed by atoms with van der Waals surface area (Å²) in [7, 11) is -3.90. The third-order valence-electron chi connectivity index (χ3n) is 3.00. The van der Waals surface area contributed by atoms with Gasteiger partial charge in [-0.25, -0.2) is 12.8 Å². The molecule has 0 saturated carbocycles. The van der Waals surface area contributed by atoms with Crippen LogP contribution in [0.25, 0.3) is 0 Å². The molecule has 104 valence electrons. The highest BCUT2D eigenvalue weighted by Crippen LogP contribution is 2.23. The fourth-order valence-electron chi connectivity index (χ4n) is 1.79. The molecule has 2 rings (SSSR count). The van der Waals surface area contributed by atoms with Crippen LogP contribution in [0, 0.1) is 12.7 Å². The van der Waals surface area contributed by atoms with Gasteiger partial charge in [-0.3, -0.25) is 4.79 Å². The van der Waals surface area contributed by atoms with Gasteiger partial charge in [0, 0.05) is 24.3 Å². The smallest absolute Gasteiger partial charge is 0.243 e. The summed E-state index contributed by atoms with van der Waals surface area (Å²) in [4.78, 5) is 11.0. The second kappa shape index (κ2) is 4.78. The first-order chi connectivity index (χ1) is 8.82. The van der Waals surface area contributed by atoms with Crippen LogP contribution in [0.1, 0.15) is 5.56 Å². The lowest BCUT2D eigenvalue weighted by Gasteiger charge is -2.26. The molecule has 8 heteroatoms. The summed E-state index contributed by atoms with van der Waals surface area (Å²) >= 11 is 0. The fraction of sp³-hybridized carbons (Fsp3) is 0.364. The molecule has 3 N–H and O–H groups in total. The molecule has 0 aliphatic carbocycles. The van der Waals surface area contributed by atoms with Crippen LogP contribution < -0.4 is 11.1 Å². The highest BCUT2D eigenvalue weighted by molar-refractivity contribution is 7.89. The van der Waals surface area contributed by atoms with Gasteiger partial charge in [-0.2, -0.15) is 4.31 Å². The van der Waals surface area contributed by atoms with Crippen molar-refractivity contribution in [1.29, 1.82) is 0 Å². The molecule has 1 fully saturated rings. The molecule has 0 aromatic heterocycles. The highest BCUT2D eigenvalue weighted by atomic mass is 32.2. The minimum Gasteiger partial charge on any atom is -0.398 e. The van der Waals surface area contributed by atoms with E-state index in [1.807, 2.05) is 0 Å². The Morgan fingerprint density at radius 3 is 2.68 bits per heavy atom. The zero-order valence-electron chi connectivity index (χ0n) is 10.3. The van der Waals surface area contributed by atoms with Crippen molar-refractivity contribution in [3.8, 4) is 0 Å². The number of carbonyl (C=O) groups is 1. The SMILES string of the molecule is Cc1c(N)cc(S(=O)(=O)N2CCNC(=O)C2)cc1F. The van der Waals surface area contributed by atoms with Gasteiger partial charge in [0.25, 0.3) is 0 Å². The second-order valence-electron chi connectivity index (χ2n) is 4.31. The predicted molar refractivity (Wildman–Crippen MR) is 67.3 cm³/mol. The Bertz CT molecular complexity index is 607. The summed E-state index contributed by atoms with van der Waals surface area (Å²) in [6, 6.07) is 2.13. The van der Waals surface area contributed by atoms with E-state index in [1.54, 1.807) is 0 Å². The zero-order chi connectivity index (χ0) is 14.2. The molecule has 0 unspecified atom stereocenters. The van der Waals surface area contributed by atoms with Gasteiger partial charge in [0.2, 0.25) is 15.9 Å². The Morgan fingerprint density at radius 1 is 1.42 bits per heavy atom. The Morgan fingerprint density at radius 2 is 2.11 bits per heavy atom. The number of carbonyl (C=O) groups excluding carboxylic acids is 1. The number of sulfonamides is 1. The largest absolute Gasteiger partial charge is 0.398 e. The van der Waals surface area contributed by atoms with E-state index in [0.717, 1.165) is 10.4 Å². The van der Waals surface area contributed by atoms with E-state index in [1.165, 1.54) is 13.0 Å². The number of nitrogen functional groups attached to an aromatic ring is 1. The molecule has 19 heavy (non-hydrogen) atoms. The van der Waals surface area contributed by atoms with Gasteiger partial charge in [0.1, 0.15) is 5.82 Å². The zero-order valence-corrected chi connectivity index (χ0v) is 11.1. The first-order valence-corrected chi connectivity index (χ1v) is 7.09. The molecule has 1 heterocycles. The minimum absolute atomic E-state index is 0.0695. The van der Waals surface area contributed by atoms with E-state index in [4.69, 9.17) is 5.73 Å². The van der Waals surface area contributed by atoms with Gasteiger partial charge in [0.05, 0.1) is 11.4 Å². The molecular formula is C11H14FN3O3S. The average Bonchev–Trinajstić information content (AvgIpc) is 2.35. The van der Waals surface area contributed by atoms with Crippen LogP contribution >= 0.6 is 0 Å². The van der Waals surface area contributed by atoms with Crippen LogP contribution in [0.4, 0.5) is 10.1 Å². The number of piperazine rings is 1. The van der Waals surface area contributed by atoms with Gasteiger partial charge < -0.3 is 11.1 Å². The number of hydrogen-bond donors (Lipinski definition) is 2. The normalized spacial score (nSPS) is 17.3. The van der Waals surface area contributed by atoms with Gasteiger partial charge in [-0.05, 0) is 19.1 Å². The summed E-state index contributed by atoms with van der Waals surface area (Å²) < 4.78 is 39.1. The summed E-state index contributed by atoms with van der Waals surface area (Å²) in [6.45, 7) is 1.60. The topological polar surface area (TPSA) is 92.5 Å². The molecule has 1 aromatic rings. The molecular weight excluding hydrogens is 273 g/mol. The van der Waals surface area contributed by atoms with Crippen LogP contribution in [0.15, 0.2) is 17.0 Å². The van der Waals surface area contributed by atoms with E-state index in [2.05, 4.69) is 5.32 Å². The van der Waals surface area contributed by atoms with E-state index in [-0.39, 0.29) is 41.7 Å². The maximum atomic E-state index is 13.6. The molecule has 1 aliphatic rings. The lowest BCUT2D eigenvalue weighted by atomic mass is 10.2. The summed E-state index contributed by atoms with van der Waals surface area (Å²) in [5.74, 6) is -1.06. The van der Waals surface area contributed by atoms with Crippen LogP contribution in [0.2, 0.25) is 0 Å². The maximum absolute atomic E-state index is 13.6. The first-order valence-electron chi connectivity index (χ1n) is 5.65. The van der Waals surface area contributed by atoms with Gasteiger partial charge in [0.15, 0.2) is 0 Å². The van der Waals surface area contributed by atoms with Crippen molar-refractivity contribution < 1.29 is 17.6 Å². The number of nitrogens with one attached hydrogen (secondary N) is 1. The number of rotatable bonds is 2. The monoisotopic (exact) mass is 287 g/mol. The van der Waals surface area contributed by atoms with E-state index in [9.17, 15) is 17.6 Å². The number of amides is 1. The van der Waals surface area contributed by atoms with E-state index in [0.29, 0.717) is 0 Å². The van der Waals surface area contributed by atoms with Gasteiger partial charge in [-0.1, -0.05) is 0 Å². The standard InChI is InChI=1S/C11H14FN3O3S/c1-7-9(12)4-8(5-10(7)13)19(17,18)15-3-2-14-11(16)6-15/h4-5H,2-3,6,13H2,1H3,(H,14,16). The number of benzene rings is 1. The second-order valence-corrected chi connectivity index (χ2v) is 6.25. The van der Waals surface area contributed by atoms with Gasteiger partial charge in [-0.15, -0.1) is 0 Å². The molecule has 0 atom stereocenters. The number of hydrogen-bond acceptors (Lipinski definition) is 4. The van der Waals surface area contributed by atoms with Crippen molar-refractivity contribution in [1.82, 2.24) is 9.62 Å². The Hall–Kier alpha value is -1.67. The number of nitrogens with two attached hydrogens (primary N) is 1. The Kier molecular flexibility index (Phi) is 3.46. The quantitative estimate of drug-likeness (QED) is 0.739. The predicted octanol–water partition coefficient (Wildman–Crippen LogP) is -0.163. The Balaban J connectivity index is 2.42.